The van der Waals surface area contributed by atoms with E-state index in [4.69, 9.17) is 11.6 Å². The van der Waals surface area contributed by atoms with Crippen molar-refractivity contribution in [3.8, 4) is 0 Å². The second kappa shape index (κ2) is 9.11. The molecule has 1 aromatic heterocycles. The van der Waals surface area contributed by atoms with Gasteiger partial charge in [-0.1, -0.05) is 44.0 Å². The van der Waals surface area contributed by atoms with E-state index in [0.29, 0.717) is 24.0 Å². The van der Waals surface area contributed by atoms with Gasteiger partial charge in [-0.2, -0.15) is 0 Å². The molecular weight excluding hydrogens is 416 g/mol. The van der Waals surface area contributed by atoms with Gasteiger partial charge in [0, 0.05) is 28.9 Å². The van der Waals surface area contributed by atoms with Crippen LogP contribution in [0.3, 0.4) is 0 Å². The summed E-state index contributed by atoms with van der Waals surface area (Å²) in [5.41, 5.74) is 2.26. The molecule has 2 heterocycles. The molecule has 160 valence electrons. The van der Waals surface area contributed by atoms with Crippen LogP contribution in [0.4, 0.5) is 0 Å². The summed E-state index contributed by atoms with van der Waals surface area (Å²) < 4.78 is 0. The quantitative estimate of drug-likeness (QED) is 0.617. The summed E-state index contributed by atoms with van der Waals surface area (Å²) in [6, 6.07) is 9.78. The van der Waals surface area contributed by atoms with Crippen LogP contribution in [0.1, 0.15) is 55.2 Å². The molecule has 1 saturated carbocycles. The normalized spacial score (nSPS) is 18.8. The van der Waals surface area contributed by atoms with E-state index >= 15 is 0 Å². The minimum atomic E-state index is -0.121. The summed E-state index contributed by atoms with van der Waals surface area (Å²) >= 11 is 7.86. The predicted molar refractivity (Wildman–Crippen MR) is 122 cm³/mol. The fourth-order valence-electron chi connectivity index (χ4n) is 4.43. The molecule has 0 radical (unpaired) electrons. The Hall–Kier alpha value is -1.85. The second-order valence-electron chi connectivity index (χ2n) is 8.83. The Morgan fingerprint density at radius 2 is 1.93 bits per heavy atom. The molecule has 2 aliphatic rings. The Kier molecular flexibility index (Phi) is 6.49. The molecule has 2 aromatic rings. The van der Waals surface area contributed by atoms with E-state index in [1.54, 1.807) is 16.2 Å². The molecule has 1 atom stereocenters. The Bertz CT molecular complexity index is 904. The first-order chi connectivity index (χ1) is 14.4. The van der Waals surface area contributed by atoms with Crippen molar-refractivity contribution in [1.82, 2.24) is 9.80 Å². The maximum absolute atomic E-state index is 13.5. The van der Waals surface area contributed by atoms with Gasteiger partial charge in [0.15, 0.2) is 0 Å². The molecule has 1 unspecified atom stereocenters. The van der Waals surface area contributed by atoms with Crippen LogP contribution in [-0.4, -0.2) is 41.2 Å². The van der Waals surface area contributed by atoms with Gasteiger partial charge >= 0.3 is 0 Å². The zero-order valence-corrected chi connectivity index (χ0v) is 19.2. The molecule has 6 heteroatoms. The molecule has 1 aliphatic heterocycles. The third-order valence-electron chi connectivity index (χ3n) is 6.15. The lowest BCUT2D eigenvalue weighted by molar-refractivity contribution is -0.146. The number of hydrogen-bond donors (Lipinski definition) is 0. The highest BCUT2D eigenvalue weighted by molar-refractivity contribution is 7.10. The zero-order chi connectivity index (χ0) is 21.3. The van der Waals surface area contributed by atoms with Crippen LogP contribution >= 0.6 is 22.9 Å². The van der Waals surface area contributed by atoms with Crippen LogP contribution in [0.25, 0.3) is 0 Å². The van der Waals surface area contributed by atoms with Gasteiger partial charge in [-0.3, -0.25) is 9.59 Å². The molecule has 30 heavy (non-hydrogen) atoms. The number of hydrogen-bond acceptors (Lipinski definition) is 3. The van der Waals surface area contributed by atoms with Crippen molar-refractivity contribution in [2.45, 2.75) is 45.6 Å². The summed E-state index contributed by atoms with van der Waals surface area (Å²) in [6.45, 7) is 5.66. The van der Waals surface area contributed by atoms with E-state index < -0.39 is 0 Å². The molecule has 0 bridgehead atoms. The first-order valence-corrected chi connectivity index (χ1v) is 12.1. The fourth-order valence-corrected chi connectivity index (χ4v) is 5.46. The van der Waals surface area contributed by atoms with E-state index in [-0.39, 0.29) is 30.3 Å². The molecule has 4 nitrogen and oxygen atoms in total. The summed E-state index contributed by atoms with van der Waals surface area (Å²) in [4.78, 5) is 31.6. The number of carbonyl (C=O) groups excluding carboxylic acids is 2. The van der Waals surface area contributed by atoms with E-state index in [9.17, 15) is 9.59 Å². The van der Waals surface area contributed by atoms with E-state index in [1.165, 1.54) is 10.4 Å². The largest absolute Gasteiger partial charge is 0.333 e. The molecule has 1 fully saturated rings. The number of fused-ring (bicyclic) bond motifs is 1. The van der Waals surface area contributed by atoms with Crippen molar-refractivity contribution >= 4 is 34.8 Å². The highest BCUT2D eigenvalue weighted by atomic mass is 35.5. The van der Waals surface area contributed by atoms with Gasteiger partial charge in [0.2, 0.25) is 11.8 Å². The number of nitrogens with zero attached hydrogens (tertiary/aromatic N) is 2. The number of carbonyl (C=O) groups is 2. The van der Waals surface area contributed by atoms with Crippen LogP contribution in [-0.2, 0) is 16.0 Å². The zero-order valence-electron chi connectivity index (χ0n) is 17.6. The minimum absolute atomic E-state index is 0.0279. The van der Waals surface area contributed by atoms with E-state index in [2.05, 4.69) is 25.3 Å². The molecular formula is C24H29ClN2O2S. The maximum atomic E-state index is 13.5. The lowest BCUT2D eigenvalue weighted by atomic mass is 9.84. The van der Waals surface area contributed by atoms with Crippen molar-refractivity contribution in [2.24, 2.45) is 11.8 Å². The Labute approximate surface area is 187 Å². The molecule has 2 amide bonds. The van der Waals surface area contributed by atoms with Crippen LogP contribution in [0.15, 0.2) is 35.7 Å². The Morgan fingerprint density at radius 3 is 2.57 bits per heavy atom. The highest BCUT2D eigenvalue weighted by Gasteiger charge is 2.36. The van der Waals surface area contributed by atoms with E-state index in [0.717, 1.165) is 31.2 Å². The average molecular weight is 445 g/mol. The van der Waals surface area contributed by atoms with Crippen molar-refractivity contribution in [3.63, 3.8) is 0 Å². The van der Waals surface area contributed by atoms with Crippen LogP contribution < -0.4 is 0 Å². The van der Waals surface area contributed by atoms with Gasteiger partial charge in [-0.05, 0) is 59.9 Å². The first kappa shape index (κ1) is 21.4. The smallest absolute Gasteiger partial charge is 0.242 e. The van der Waals surface area contributed by atoms with E-state index in [1.807, 2.05) is 29.2 Å². The van der Waals surface area contributed by atoms with Gasteiger partial charge in [0.1, 0.15) is 0 Å². The SMILES string of the molecule is CC(C)CN(CC(=O)N1CCc2sccc2C1c1ccc(Cl)cc1)C(=O)C1CCC1. The number of rotatable bonds is 6. The molecule has 1 aliphatic carbocycles. The molecule has 0 spiro atoms. The van der Waals surface area contributed by atoms with Gasteiger partial charge in [0.25, 0.3) is 0 Å². The van der Waals surface area contributed by atoms with Crippen LogP contribution in [0, 0.1) is 11.8 Å². The lowest BCUT2D eigenvalue weighted by Crippen LogP contribution is -2.49. The van der Waals surface area contributed by atoms with Gasteiger partial charge < -0.3 is 9.80 Å². The summed E-state index contributed by atoms with van der Waals surface area (Å²) in [6.07, 6.45) is 3.89. The maximum Gasteiger partial charge on any atom is 0.242 e. The first-order valence-electron chi connectivity index (χ1n) is 10.8. The van der Waals surface area contributed by atoms with Crippen molar-refractivity contribution in [2.75, 3.05) is 19.6 Å². The third-order valence-corrected chi connectivity index (χ3v) is 7.40. The molecule has 0 saturated heterocycles. The lowest BCUT2D eigenvalue weighted by Gasteiger charge is -2.39. The second-order valence-corrected chi connectivity index (χ2v) is 10.3. The summed E-state index contributed by atoms with van der Waals surface area (Å²) in [7, 11) is 0. The van der Waals surface area contributed by atoms with Crippen LogP contribution in [0.2, 0.25) is 5.02 Å². The topological polar surface area (TPSA) is 40.6 Å². The van der Waals surface area contributed by atoms with Gasteiger partial charge in [0.05, 0.1) is 12.6 Å². The van der Waals surface area contributed by atoms with Gasteiger partial charge in [-0.25, -0.2) is 0 Å². The van der Waals surface area contributed by atoms with Crippen molar-refractivity contribution in [3.05, 3.63) is 56.7 Å². The standard InChI is InChI=1S/C24H29ClN2O2S/c1-16(2)14-26(24(29)18-4-3-5-18)15-22(28)27-12-10-21-20(11-13-30-21)23(27)17-6-8-19(25)9-7-17/h6-9,11,13,16,18,23H,3-5,10,12,14-15H2,1-2H3. The number of benzene rings is 1. The predicted octanol–water partition coefficient (Wildman–Crippen LogP) is 5.16. The monoisotopic (exact) mass is 444 g/mol. The summed E-state index contributed by atoms with van der Waals surface area (Å²) in [5, 5.41) is 2.79. The third kappa shape index (κ3) is 4.42. The summed E-state index contributed by atoms with van der Waals surface area (Å²) in [5.74, 6) is 0.617. The average Bonchev–Trinajstić information content (AvgIpc) is 3.14. The van der Waals surface area contributed by atoms with Crippen molar-refractivity contribution in [1.29, 1.82) is 0 Å². The molecule has 1 aromatic carbocycles. The number of thiophene rings is 1. The van der Waals surface area contributed by atoms with Crippen LogP contribution in [0.5, 0.6) is 0 Å². The molecule has 0 N–H and O–H groups in total. The number of amides is 2. The molecule has 4 rings (SSSR count). The van der Waals surface area contributed by atoms with Crippen molar-refractivity contribution < 1.29 is 9.59 Å². The number of halogens is 1. The Balaban J connectivity index is 1.59. The fraction of sp³-hybridized carbons (Fsp3) is 0.500. The highest BCUT2D eigenvalue weighted by Crippen LogP contribution is 2.38. The minimum Gasteiger partial charge on any atom is -0.333 e. The Morgan fingerprint density at radius 1 is 1.20 bits per heavy atom. The van der Waals surface area contributed by atoms with Gasteiger partial charge in [-0.15, -0.1) is 11.3 Å².